The summed E-state index contributed by atoms with van der Waals surface area (Å²) in [6.45, 7) is 8.76. The van der Waals surface area contributed by atoms with Crippen LogP contribution in [-0.4, -0.2) is 12.3 Å². The SMILES string of the molecule is Cc1ccc(NCOC(C)(C)C)cc1. The number of benzene rings is 1. The Bertz CT molecular complexity index is 271. The lowest BCUT2D eigenvalue weighted by Gasteiger charge is -2.20. The van der Waals surface area contributed by atoms with Gasteiger partial charge in [0.05, 0.1) is 5.60 Å². The van der Waals surface area contributed by atoms with Crippen LogP contribution in [0.4, 0.5) is 5.69 Å². The Balaban J connectivity index is 2.35. The van der Waals surface area contributed by atoms with E-state index in [1.807, 2.05) is 20.8 Å². The summed E-state index contributed by atoms with van der Waals surface area (Å²) in [6.07, 6.45) is 0. The number of nitrogens with one attached hydrogen (secondary N) is 1. The first-order valence-corrected chi connectivity index (χ1v) is 4.92. The highest BCUT2D eigenvalue weighted by Crippen LogP contribution is 2.10. The second kappa shape index (κ2) is 4.47. The molecule has 0 bridgehead atoms. The summed E-state index contributed by atoms with van der Waals surface area (Å²) in [7, 11) is 0. The standard InChI is InChI=1S/C12H19NO/c1-10-5-7-11(8-6-10)13-9-14-12(2,3)4/h5-8,13H,9H2,1-4H3. The van der Waals surface area contributed by atoms with Crippen molar-refractivity contribution in [2.45, 2.75) is 33.3 Å². The van der Waals surface area contributed by atoms with Gasteiger partial charge in [0.25, 0.3) is 0 Å². The van der Waals surface area contributed by atoms with Gasteiger partial charge >= 0.3 is 0 Å². The Hall–Kier alpha value is -1.02. The van der Waals surface area contributed by atoms with Crippen molar-refractivity contribution < 1.29 is 4.74 Å². The normalized spacial score (nSPS) is 11.4. The average molecular weight is 193 g/mol. The van der Waals surface area contributed by atoms with Gasteiger partial charge in [-0.2, -0.15) is 0 Å². The van der Waals surface area contributed by atoms with Crippen molar-refractivity contribution in [2.24, 2.45) is 0 Å². The molecule has 0 fully saturated rings. The Morgan fingerprint density at radius 3 is 2.21 bits per heavy atom. The fourth-order valence-corrected chi connectivity index (χ4v) is 1.01. The number of hydrogen-bond acceptors (Lipinski definition) is 2. The molecule has 0 unspecified atom stereocenters. The first-order chi connectivity index (χ1) is 6.47. The van der Waals surface area contributed by atoms with Crippen molar-refractivity contribution in [3.63, 3.8) is 0 Å². The minimum atomic E-state index is -0.0856. The highest BCUT2D eigenvalue weighted by molar-refractivity contribution is 5.43. The number of ether oxygens (including phenoxy) is 1. The van der Waals surface area contributed by atoms with Gasteiger partial charge < -0.3 is 10.1 Å². The summed E-state index contributed by atoms with van der Waals surface area (Å²) in [5, 5.41) is 3.21. The van der Waals surface area contributed by atoms with E-state index in [0.717, 1.165) is 5.69 Å². The van der Waals surface area contributed by atoms with E-state index in [9.17, 15) is 0 Å². The molecule has 0 radical (unpaired) electrons. The second-order valence-corrected chi connectivity index (χ2v) is 4.44. The second-order valence-electron chi connectivity index (χ2n) is 4.44. The number of rotatable bonds is 3. The monoisotopic (exact) mass is 193 g/mol. The van der Waals surface area contributed by atoms with Crippen LogP contribution in [0.15, 0.2) is 24.3 Å². The smallest absolute Gasteiger partial charge is 0.117 e. The molecule has 78 valence electrons. The Morgan fingerprint density at radius 1 is 1.14 bits per heavy atom. The zero-order chi connectivity index (χ0) is 10.6. The fourth-order valence-electron chi connectivity index (χ4n) is 1.01. The highest BCUT2D eigenvalue weighted by Gasteiger charge is 2.08. The number of hydrogen-bond donors (Lipinski definition) is 1. The minimum Gasteiger partial charge on any atom is -0.363 e. The van der Waals surface area contributed by atoms with Gasteiger partial charge in [-0.05, 0) is 39.8 Å². The zero-order valence-electron chi connectivity index (χ0n) is 9.42. The summed E-state index contributed by atoms with van der Waals surface area (Å²) in [5.41, 5.74) is 2.28. The Kier molecular flexibility index (Phi) is 3.53. The molecule has 0 aromatic heterocycles. The molecule has 2 heteroatoms. The van der Waals surface area contributed by atoms with Crippen LogP contribution in [0.1, 0.15) is 26.3 Å². The first-order valence-electron chi connectivity index (χ1n) is 4.92. The van der Waals surface area contributed by atoms with Crippen molar-refractivity contribution in [3.05, 3.63) is 29.8 Å². The summed E-state index contributed by atoms with van der Waals surface area (Å²) in [4.78, 5) is 0. The summed E-state index contributed by atoms with van der Waals surface area (Å²) in [5.74, 6) is 0. The van der Waals surface area contributed by atoms with Gasteiger partial charge in [0.15, 0.2) is 0 Å². The van der Waals surface area contributed by atoms with E-state index in [-0.39, 0.29) is 5.60 Å². The van der Waals surface area contributed by atoms with Crippen LogP contribution in [0.3, 0.4) is 0 Å². The Labute approximate surface area is 86.3 Å². The van der Waals surface area contributed by atoms with Gasteiger partial charge in [-0.3, -0.25) is 0 Å². The molecule has 0 spiro atoms. The molecule has 0 aliphatic rings. The maximum absolute atomic E-state index is 5.55. The fraction of sp³-hybridized carbons (Fsp3) is 0.500. The summed E-state index contributed by atoms with van der Waals surface area (Å²) < 4.78 is 5.55. The lowest BCUT2D eigenvalue weighted by atomic mass is 10.2. The van der Waals surface area contributed by atoms with Crippen molar-refractivity contribution in [1.82, 2.24) is 0 Å². The van der Waals surface area contributed by atoms with Gasteiger partial charge in [-0.25, -0.2) is 0 Å². The molecule has 0 aliphatic heterocycles. The summed E-state index contributed by atoms with van der Waals surface area (Å²) in [6, 6.07) is 8.28. The third-order valence-electron chi connectivity index (χ3n) is 1.83. The quantitative estimate of drug-likeness (QED) is 0.744. The van der Waals surface area contributed by atoms with E-state index >= 15 is 0 Å². The van der Waals surface area contributed by atoms with Crippen molar-refractivity contribution in [2.75, 3.05) is 12.0 Å². The van der Waals surface area contributed by atoms with E-state index < -0.39 is 0 Å². The van der Waals surface area contributed by atoms with Crippen LogP contribution in [-0.2, 0) is 4.74 Å². The predicted molar refractivity (Wildman–Crippen MR) is 60.5 cm³/mol. The third kappa shape index (κ3) is 4.28. The van der Waals surface area contributed by atoms with Crippen molar-refractivity contribution in [3.8, 4) is 0 Å². The van der Waals surface area contributed by atoms with E-state index in [1.165, 1.54) is 5.56 Å². The average Bonchev–Trinajstić information content (AvgIpc) is 2.06. The molecule has 0 amide bonds. The first kappa shape index (κ1) is 11.1. The molecule has 0 saturated carbocycles. The van der Waals surface area contributed by atoms with Crippen molar-refractivity contribution in [1.29, 1.82) is 0 Å². The third-order valence-corrected chi connectivity index (χ3v) is 1.83. The van der Waals surface area contributed by atoms with Gasteiger partial charge in [0, 0.05) is 5.69 Å². The van der Waals surface area contributed by atoms with E-state index in [0.29, 0.717) is 6.73 Å². The topological polar surface area (TPSA) is 21.3 Å². The van der Waals surface area contributed by atoms with Gasteiger partial charge in [-0.1, -0.05) is 17.7 Å². The molecule has 0 atom stereocenters. The lowest BCUT2D eigenvalue weighted by molar-refractivity contribution is 0.00846. The molecular formula is C12H19NO. The van der Waals surface area contributed by atoms with Gasteiger partial charge in [0.2, 0.25) is 0 Å². The van der Waals surface area contributed by atoms with Crippen LogP contribution < -0.4 is 5.32 Å². The van der Waals surface area contributed by atoms with E-state index in [1.54, 1.807) is 0 Å². The zero-order valence-corrected chi connectivity index (χ0v) is 9.42. The Morgan fingerprint density at radius 2 is 1.71 bits per heavy atom. The lowest BCUT2D eigenvalue weighted by Crippen LogP contribution is -2.23. The molecule has 14 heavy (non-hydrogen) atoms. The molecule has 2 nitrogen and oxygen atoms in total. The number of aryl methyl sites for hydroxylation is 1. The van der Waals surface area contributed by atoms with E-state index in [2.05, 4.69) is 36.5 Å². The maximum atomic E-state index is 5.55. The van der Waals surface area contributed by atoms with Crippen LogP contribution in [0, 0.1) is 6.92 Å². The molecule has 0 aliphatic carbocycles. The number of anilines is 1. The largest absolute Gasteiger partial charge is 0.363 e. The molecule has 1 aromatic rings. The van der Waals surface area contributed by atoms with Crippen LogP contribution in [0.25, 0.3) is 0 Å². The van der Waals surface area contributed by atoms with Crippen molar-refractivity contribution >= 4 is 5.69 Å². The van der Waals surface area contributed by atoms with Gasteiger partial charge in [0.1, 0.15) is 6.73 Å². The van der Waals surface area contributed by atoms with Gasteiger partial charge in [-0.15, -0.1) is 0 Å². The van der Waals surface area contributed by atoms with Crippen LogP contribution in [0.5, 0.6) is 0 Å². The van der Waals surface area contributed by atoms with Crippen LogP contribution in [0.2, 0.25) is 0 Å². The predicted octanol–water partition coefficient (Wildman–Crippen LogP) is 3.18. The van der Waals surface area contributed by atoms with E-state index in [4.69, 9.17) is 4.74 Å². The minimum absolute atomic E-state index is 0.0856. The molecule has 0 saturated heterocycles. The van der Waals surface area contributed by atoms with Crippen LogP contribution >= 0.6 is 0 Å². The molecule has 1 N–H and O–H groups in total. The maximum Gasteiger partial charge on any atom is 0.117 e. The molecule has 1 rings (SSSR count). The summed E-state index contributed by atoms with van der Waals surface area (Å²) >= 11 is 0. The molecule has 1 aromatic carbocycles. The highest BCUT2D eigenvalue weighted by atomic mass is 16.5. The molecule has 0 heterocycles. The molecular weight excluding hydrogens is 174 g/mol.